The minimum absolute atomic E-state index is 0.0314. The van der Waals surface area contributed by atoms with E-state index in [0.29, 0.717) is 24.4 Å². The van der Waals surface area contributed by atoms with Crippen LogP contribution in [-0.2, 0) is 9.59 Å². The van der Waals surface area contributed by atoms with Gasteiger partial charge < -0.3 is 10.4 Å². The lowest BCUT2D eigenvalue weighted by atomic mass is 10.1. The number of hydrogen-bond acceptors (Lipinski definition) is 4. The molecular formula is C17H22F3N3O3. The Balaban J connectivity index is 2.38. The SMILES string of the molecule is CCN(CCCO)CC(=O)N1c2ccccc2NC(=O)C[C@@H]1C(F)(F)F. The number of halogens is 3. The van der Waals surface area contributed by atoms with E-state index in [1.165, 1.54) is 18.2 Å². The van der Waals surface area contributed by atoms with Gasteiger partial charge in [0, 0.05) is 13.2 Å². The molecule has 26 heavy (non-hydrogen) atoms. The summed E-state index contributed by atoms with van der Waals surface area (Å²) in [6.07, 6.45) is -5.18. The summed E-state index contributed by atoms with van der Waals surface area (Å²) in [5.41, 5.74) is 0.208. The Hall–Kier alpha value is -2.13. The first kappa shape index (κ1) is 20.2. The summed E-state index contributed by atoms with van der Waals surface area (Å²) in [4.78, 5) is 27.0. The van der Waals surface area contributed by atoms with Crippen molar-refractivity contribution in [3.05, 3.63) is 24.3 Å². The van der Waals surface area contributed by atoms with Gasteiger partial charge in [-0.1, -0.05) is 19.1 Å². The molecule has 2 N–H and O–H groups in total. The van der Waals surface area contributed by atoms with Crippen LogP contribution in [0.3, 0.4) is 0 Å². The van der Waals surface area contributed by atoms with E-state index in [4.69, 9.17) is 5.11 Å². The van der Waals surface area contributed by atoms with Gasteiger partial charge in [0.05, 0.1) is 24.3 Å². The molecule has 0 aromatic heterocycles. The minimum atomic E-state index is -4.74. The fraction of sp³-hybridized carbons (Fsp3) is 0.529. The summed E-state index contributed by atoms with van der Waals surface area (Å²) in [6, 6.07) is 3.73. The van der Waals surface area contributed by atoms with Crippen molar-refractivity contribution in [2.24, 2.45) is 0 Å². The lowest BCUT2D eigenvalue weighted by Crippen LogP contribution is -2.52. The number of hydrogen-bond donors (Lipinski definition) is 2. The molecule has 0 spiro atoms. The zero-order valence-electron chi connectivity index (χ0n) is 14.4. The van der Waals surface area contributed by atoms with Crippen LogP contribution in [0.15, 0.2) is 24.3 Å². The molecule has 1 aromatic carbocycles. The van der Waals surface area contributed by atoms with Crippen LogP contribution < -0.4 is 10.2 Å². The van der Waals surface area contributed by atoms with Gasteiger partial charge in [-0.3, -0.25) is 19.4 Å². The Morgan fingerprint density at radius 1 is 1.38 bits per heavy atom. The van der Waals surface area contributed by atoms with Crippen LogP contribution in [0.2, 0.25) is 0 Å². The van der Waals surface area contributed by atoms with E-state index in [1.54, 1.807) is 17.9 Å². The molecule has 144 valence electrons. The zero-order valence-corrected chi connectivity index (χ0v) is 14.4. The fourth-order valence-corrected chi connectivity index (χ4v) is 2.91. The third-order valence-corrected chi connectivity index (χ3v) is 4.21. The quantitative estimate of drug-likeness (QED) is 0.800. The summed E-state index contributed by atoms with van der Waals surface area (Å²) in [6.45, 7) is 2.33. The van der Waals surface area contributed by atoms with Gasteiger partial charge >= 0.3 is 6.18 Å². The van der Waals surface area contributed by atoms with E-state index in [2.05, 4.69) is 5.32 Å². The second kappa shape index (κ2) is 8.50. The number of benzene rings is 1. The summed E-state index contributed by atoms with van der Waals surface area (Å²) in [5.74, 6) is -1.53. The van der Waals surface area contributed by atoms with Gasteiger partial charge in [-0.2, -0.15) is 13.2 Å². The second-order valence-electron chi connectivity index (χ2n) is 6.04. The van der Waals surface area contributed by atoms with Gasteiger partial charge in [0.25, 0.3) is 0 Å². The van der Waals surface area contributed by atoms with Crippen LogP contribution in [-0.4, -0.2) is 60.3 Å². The van der Waals surface area contributed by atoms with Crippen LogP contribution in [0.25, 0.3) is 0 Å². The average molecular weight is 373 g/mol. The third kappa shape index (κ3) is 4.73. The van der Waals surface area contributed by atoms with Crippen LogP contribution >= 0.6 is 0 Å². The van der Waals surface area contributed by atoms with Crippen molar-refractivity contribution in [1.82, 2.24) is 4.90 Å². The highest BCUT2D eigenvalue weighted by atomic mass is 19.4. The number of carbonyl (C=O) groups is 2. The molecule has 1 aliphatic heterocycles. The predicted molar refractivity (Wildman–Crippen MR) is 90.8 cm³/mol. The number of rotatable bonds is 6. The summed E-state index contributed by atoms with van der Waals surface area (Å²) >= 11 is 0. The number of fused-ring (bicyclic) bond motifs is 1. The maximum Gasteiger partial charge on any atom is 0.409 e. The summed E-state index contributed by atoms with van der Waals surface area (Å²) in [5, 5.41) is 11.4. The number of nitrogens with one attached hydrogen (secondary N) is 1. The van der Waals surface area contributed by atoms with Crippen molar-refractivity contribution in [3.63, 3.8) is 0 Å². The normalized spacial score (nSPS) is 17.7. The Labute approximate surface area is 149 Å². The topological polar surface area (TPSA) is 72.9 Å². The molecule has 0 fully saturated rings. The first-order chi connectivity index (χ1) is 12.3. The van der Waals surface area contributed by atoms with Gasteiger partial charge in [0.2, 0.25) is 11.8 Å². The number of aliphatic hydroxyl groups excluding tert-OH is 1. The molecule has 2 amide bonds. The highest BCUT2D eigenvalue weighted by molar-refractivity contribution is 6.05. The van der Waals surface area contributed by atoms with Crippen molar-refractivity contribution in [1.29, 1.82) is 0 Å². The number of nitrogens with zero attached hydrogens (tertiary/aromatic N) is 2. The van der Waals surface area contributed by atoms with Crippen molar-refractivity contribution in [2.45, 2.75) is 32.0 Å². The number of likely N-dealkylation sites (N-methyl/N-ethyl adjacent to an activating group) is 1. The maximum absolute atomic E-state index is 13.6. The van der Waals surface area contributed by atoms with E-state index in [0.717, 1.165) is 0 Å². The van der Waals surface area contributed by atoms with E-state index in [-0.39, 0.29) is 24.5 Å². The predicted octanol–water partition coefficient (Wildman–Crippen LogP) is 2.00. The Morgan fingerprint density at radius 3 is 2.69 bits per heavy atom. The number of para-hydroxylation sites is 2. The van der Waals surface area contributed by atoms with E-state index in [9.17, 15) is 22.8 Å². The number of aliphatic hydroxyl groups is 1. The molecule has 9 heteroatoms. The molecule has 1 atom stereocenters. The largest absolute Gasteiger partial charge is 0.409 e. The van der Waals surface area contributed by atoms with E-state index >= 15 is 0 Å². The number of alkyl halides is 3. The van der Waals surface area contributed by atoms with Crippen LogP contribution in [0.5, 0.6) is 0 Å². The Morgan fingerprint density at radius 2 is 2.08 bits per heavy atom. The highest BCUT2D eigenvalue weighted by Gasteiger charge is 2.49. The fourth-order valence-electron chi connectivity index (χ4n) is 2.91. The van der Waals surface area contributed by atoms with Crippen molar-refractivity contribution in [2.75, 3.05) is 36.5 Å². The van der Waals surface area contributed by atoms with Gasteiger partial charge in [-0.25, -0.2) is 0 Å². The Kier molecular flexibility index (Phi) is 6.60. The molecular weight excluding hydrogens is 351 g/mol. The van der Waals surface area contributed by atoms with E-state index < -0.39 is 30.5 Å². The molecule has 0 unspecified atom stereocenters. The molecule has 0 bridgehead atoms. The summed E-state index contributed by atoms with van der Waals surface area (Å²) < 4.78 is 40.8. The highest BCUT2D eigenvalue weighted by Crippen LogP contribution is 2.37. The molecule has 6 nitrogen and oxygen atoms in total. The molecule has 0 saturated carbocycles. The molecule has 0 saturated heterocycles. The average Bonchev–Trinajstić information content (AvgIpc) is 2.73. The van der Waals surface area contributed by atoms with Crippen LogP contribution in [0.1, 0.15) is 19.8 Å². The molecule has 0 aliphatic carbocycles. The molecule has 2 rings (SSSR count). The molecule has 1 heterocycles. The second-order valence-corrected chi connectivity index (χ2v) is 6.04. The maximum atomic E-state index is 13.6. The number of anilines is 2. The van der Waals surface area contributed by atoms with Gasteiger partial charge in [0.15, 0.2) is 0 Å². The smallest absolute Gasteiger partial charge is 0.396 e. The zero-order chi connectivity index (χ0) is 19.3. The van der Waals surface area contributed by atoms with Crippen molar-refractivity contribution in [3.8, 4) is 0 Å². The standard InChI is InChI=1S/C17H22F3N3O3/c1-2-22(8-5-9-24)11-16(26)23-13-7-4-3-6-12(13)21-15(25)10-14(23)17(18,19)20/h3-4,6-7,14,24H,2,5,8-11H2,1H3,(H,21,25)/t14-/m1/s1. The van der Waals surface area contributed by atoms with Gasteiger partial charge in [0.1, 0.15) is 6.04 Å². The lowest BCUT2D eigenvalue weighted by molar-refractivity contribution is -0.158. The van der Waals surface area contributed by atoms with Crippen molar-refractivity contribution < 1.29 is 27.9 Å². The van der Waals surface area contributed by atoms with Crippen LogP contribution in [0, 0.1) is 0 Å². The van der Waals surface area contributed by atoms with E-state index in [1.807, 2.05) is 0 Å². The monoisotopic (exact) mass is 373 g/mol. The molecule has 1 aromatic rings. The Bertz CT molecular complexity index is 652. The third-order valence-electron chi connectivity index (χ3n) is 4.21. The van der Waals surface area contributed by atoms with Gasteiger partial charge in [-0.15, -0.1) is 0 Å². The first-order valence-corrected chi connectivity index (χ1v) is 8.38. The van der Waals surface area contributed by atoms with Crippen molar-refractivity contribution >= 4 is 23.2 Å². The van der Waals surface area contributed by atoms with Crippen LogP contribution in [0.4, 0.5) is 24.5 Å². The molecule has 1 aliphatic rings. The summed E-state index contributed by atoms with van der Waals surface area (Å²) in [7, 11) is 0. The minimum Gasteiger partial charge on any atom is -0.396 e. The first-order valence-electron chi connectivity index (χ1n) is 8.38. The lowest BCUT2D eigenvalue weighted by Gasteiger charge is -2.33. The molecule has 0 radical (unpaired) electrons. The van der Waals surface area contributed by atoms with Gasteiger partial charge in [-0.05, 0) is 25.1 Å². The number of carbonyl (C=O) groups excluding carboxylic acids is 2. The number of amides is 2.